The monoisotopic (exact) mass is 475 g/mol. The SMILES string of the molecule is Cc1cc(-n2c(C)cc(/C=N\NC(=O)c3ccc(F)cc3)c2C)ccc1I. The summed E-state index contributed by atoms with van der Waals surface area (Å²) in [4.78, 5) is 12.0. The number of aryl methyl sites for hydroxylation is 2. The van der Waals surface area contributed by atoms with Crippen molar-refractivity contribution in [3.05, 3.63) is 86.0 Å². The van der Waals surface area contributed by atoms with Crippen LogP contribution in [-0.2, 0) is 0 Å². The predicted molar refractivity (Wildman–Crippen MR) is 114 cm³/mol. The fraction of sp³-hybridized carbons (Fsp3) is 0.143. The lowest BCUT2D eigenvalue weighted by atomic mass is 10.2. The number of rotatable bonds is 4. The fourth-order valence-corrected chi connectivity index (χ4v) is 3.25. The zero-order chi connectivity index (χ0) is 19.6. The minimum atomic E-state index is -0.381. The Morgan fingerprint density at radius 3 is 2.48 bits per heavy atom. The van der Waals surface area contributed by atoms with Crippen LogP contribution < -0.4 is 5.43 Å². The fourth-order valence-electron chi connectivity index (χ4n) is 2.91. The first-order valence-corrected chi connectivity index (χ1v) is 9.49. The highest BCUT2D eigenvalue weighted by Gasteiger charge is 2.10. The first kappa shape index (κ1) is 19.3. The van der Waals surface area contributed by atoms with Gasteiger partial charge in [0, 0.05) is 31.8 Å². The van der Waals surface area contributed by atoms with Gasteiger partial charge in [0.15, 0.2) is 0 Å². The van der Waals surface area contributed by atoms with Gasteiger partial charge in [0.25, 0.3) is 5.91 Å². The Balaban J connectivity index is 1.79. The molecular weight excluding hydrogens is 456 g/mol. The molecule has 0 unspecified atom stereocenters. The van der Waals surface area contributed by atoms with Crippen molar-refractivity contribution in [2.75, 3.05) is 0 Å². The molecule has 0 radical (unpaired) electrons. The number of aromatic nitrogens is 1. The first-order valence-electron chi connectivity index (χ1n) is 8.41. The van der Waals surface area contributed by atoms with Crippen LogP contribution in [0, 0.1) is 30.2 Å². The summed E-state index contributed by atoms with van der Waals surface area (Å²) < 4.78 is 16.3. The van der Waals surface area contributed by atoms with Gasteiger partial charge >= 0.3 is 0 Å². The van der Waals surface area contributed by atoms with E-state index in [4.69, 9.17) is 0 Å². The van der Waals surface area contributed by atoms with E-state index >= 15 is 0 Å². The minimum absolute atomic E-state index is 0.355. The number of benzene rings is 2. The van der Waals surface area contributed by atoms with Crippen LogP contribution in [0.4, 0.5) is 4.39 Å². The van der Waals surface area contributed by atoms with Crippen LogP contribution >= 0.6 is 22.6 Å². The number of hydrazone groups is 1. The van der Waals surface area contributed by atoms with Crippen molar-refractivity contribution in [2.24, 2.45) is 5.10 Å². The molecule has 0 aliphatic rings. The smallest absolute Gasteiger partial charge is 0.271 e. The maximum atomic E-state index is 12.9. The lowest BCUT2D eigenvalue weighted by Crippen LogP contribution is -2.17. The molecular formula is C21H19FIN3O. The van der Waals surface area contributed by atoms with E-state index in [0.717, 1.165) is 22.6 Å². The number of nitrogens with zero attached hydrogens (tertiary/aromatic N) is 2. The van der Waals surface area contributed by atoms with Crippen molar-refractivity contribution < 1.29 is 9.18 Å². The molecule has 1 amide bonds. The van der Waals surface area contributed by atoms with E-state index in [9.17, 15) is 9.18 Å². The van der Waals surface area contributed by atoms with E-state index in [0.29, 0.717) is 5.56 Å². The number of hydrogen-bond donors (Lipinski definition) is 1. The molecule has 0 saturated carbocycles. The molecule has 138 valence electrons. The molecule has 2 aromatic carbocycles. The van der Waals surface area contributed by atoms with Crippen molar-refractivity contribution >= 4 is 34.7 Å². The molecule has 1 aromatic heterocycles. The molecule has 4 nitrogen and oxygen atoms in total. The summed E-state index contributed by atoms with van der Waals surface area (Å²) in [5.74, 6) is -0.762. The third kappa shape index (κ3) is 4.27. The van der Waals surface area contributed by atoms with E-state index in [1.54, 1.807) is 6.21 Å². The Labute approximate surface area is 171 Å². The van der Waals surface area contributed by atoms with Gasteiger partial charge < -0.3 is 4.57 Å². The summed E-state index contributed by atoms with van der Waals surface area (Å²) in [5, 5.41) is 4.05. The van der Waals surface area contributed by atoms with Crippen molar-refractivity contribution in [1.29, 1.82) is 0 Å². The van der Waals surface area contributed by atoms with Crippen LogP contribution in [0.5, 0.6) is 0 Å². The van der Waals surface area contributed by atoms with Crippen LogP contribution in [0.25, 0.3) is 5.69 Å². The summed E-state index contributed by atoms with van der Waals surface area (Å²) in [6.07, 6.45) is 1.62. The van der Waals surface area contributed by atoms with Crippen molar-refractivity contribution in [3.8, 4) is 5.69 Å². The molecule has 1 N–H and O–H groups in total. The maximum Gasteiger partial charge on any atom is 0.271 e. The molecule has 0 saturated heterocycles. The Kier molecular flexibility index (Phi) is 5.74. The highest BCUT2D eigenvalue weighted by Crippen LogP contribution is 2.22. The Bertz CT molecular complexity index is 1020. The quantitative estimate of drug-likeness (QED) is 0.326. The second-order valence-corrected chi connectivity index (χ2v) is 7.46. The van der Waals surface area contributed by atoms with E-state index in [2.05, 4.69) is 62.8 Å². The number of carbonyl (C=O) groups excluding carboxylic acids is 1. The lowest BCUT2D eigenvalue weighted by Gasteiger charge is -2.11. The van der Waals surface area contributed by atoms with E-state index in [1.807, 2.05) is 19.9 Å². The second kappa shape index (κ2) is 8.04. The largest absolute Gasteiger partial charge is 0.318 e. The summed E-state index contributed by atoms with van der Waals surface area (Å²) in [7, 11) is 0. The van der Waals surface area contributed by atoms with Gasteiger partial charge in [-0.25, -0.2) is 9.82 Å². The summed E-state index contributed by atoms with van der Waals surface area (Å²) in [6, 6.07) is 13.7. The van der Waals surface area contributed by atoms with Gasteiger partial charge in [-0.1, -0.05) is 0 Å². The van der Waals surface area contributed by atoms with E-state index in [-0.39, 0.29) is 11.7 Å². The van der Waals surface area contributed by atoms with Gasteiger partial charge in [0.2, 0.25) is 0 Å². The van der Waals surface area contributed by atoms with Gasteiger partial charge in [-0.15, -0.1) is 0 Å². The maximum absolute atomic E-state index is 12.9. The molecule has 6 heteroatoms. The zero-order valence-electron chi connectivity index (χ0n) is 15.3. The van der Waals surface area contributed by atoms with Crippen molar-refractivity contribution in [1.82, 2.24) is 9.99 Å². The number of carbonyl (C=O) groups is 1. The van der Waals surface area contributed by atoms with E-state index in [1.165, 1.54) is 33.4 Å². The van der Waals surface area contributed by atoms with Crippen LogP contribution in [0.1, 0.15) is 32.9 Å². The van der Waals surface area contributed by atoms with Crippen molar-refractivity contribution in [3.63, 3.8) is 0 Å². The molecule has 1 heterocycles. The Morgan fingerprint density at radius 2 is 1.81 bits per heavy atom. The normalized spacial score (nSPS) is 11.1. The molecule has 0 aliphatic carbocycles. The molecule has 0 bridgehead atoms. The summed E-state index contributed by atoms with van der Waals surface area (Å²) in [5.41, 5.74) is 8.19. The number of halogens is 2. The third-order valence-corrected chi connectivity index (χ3v) is 5.56. The predicted octanol–water partition coefficient (Wildman–Crippen LogP) is 4.91. The highest BCUT2D eigenvalue weighted by atomic mass is 127. The molecule has 3 rings (SSSR count). The van der Waals surface area contributed by atoms with Crippen LogP contribution in [0.2, 0.25) is 0 Å². The van der Waals surface area contributed by atoms with Gasteiger partial charge in [-0.05, 0) is 97.5 Å². The molecule has 0 fully saturated rings. The van der Waals surface area contributed by atoms with E-state index < -0.39 is 0 Å². The number of amides is 1. The van der Waals surface area contributed by atoms with Gasteiger partial charge in [-0.3, -0.25) is 4.79 Å². The number of nitrogens with one attached hydrogen (secondary N) is 1. The Morgan fingerprint density at radius 1 is 1.11 bits per heavy atom. The molecule has 0 aliphatic heterocycles. The molecule has 3 aromatic rings. The van der Waals surface area contributed by atoms with Gasteiger partial charge in [0.05, 0.1) is 6.21 Å². The number of hydrogen-bond acceptors (Lipinski definition) is 2. The van der Waals surface area contributed by atoms with Crippen molar-refractivity contribution in [2.45, 2.75) is 20.8 Å². The average Bonchev–Trinajstić information content (AvgIpc) is 2.92. The molecule has 27 heavy (non-hydrogen) atoms. The average molecular weight is 475 g/mol. The third-order valence-electron chi connectivity index (χ3n) is 4.35. The Hall–Kier alpha value is -2.48. The van der Waals surface area contributed by atoms with Gasteiger partial charge in [-0.2, -0.15) is 5.10 Å². The summed E-state index contributed by atoms with van der Waals surface area (Å²) in [6.45, 7) is 6.14. The summed E-state index contributed by atoms with van der Waals surface area (Å²) >= 11 is 2.32. The first-order chi connectivity index (χ1) is 12.9. The minimum Gasteiger partial charge on any atom is -0.318 e. The topological polar surface area (TPSA) is 46.4 Å². The zero-order valence-corrected chi connectivity index (χ0v) is 17.4. The van der Waals surface area contributed by atoms with Crippen LogP contribution in [-0.4, -0.2) is 16.7 Å². The molecule has 0 atom stereocenters. The van der Waals surface area contributed by atoms with Crippen LogP contribution in [0.15, 0.2) is 53.6 Å². The lowest BCUT2D eigenvalue weighted by molar-refractivity contribution is 0.0955. The van der Waals surface area contributed by atoms with Gasteiger partial charge in [0.1, 0.15) is 5.82 Å². The standard InChI is InChI=1S/C21H19FIN3O/c1-13-10-19(8-9-20(13)23)26-14(2)11-17(15(26)3)12-24-25-21(27)16-4-6-18(22)7-5-16/h4-12H,1-3H3,(H,25,27)/b24-12-. The highest BCUT2D eigenvalue weighted by molar-refractivity contribution is 14.1. The molecule has 0 spiro atoms. The second-order valence-electron chi connectivity index (χ2n) is 6.30. The van der Waals surface area contributed by atoms with Crippen LogP contribution in [0.3, 0.4) is 0 Å².